The van der Waals surface area contributed by atoms with E-state index in [0.29, 0.717) is 13.0 Å². The minimum Gasteiger partial charge on any atom is -0.459 e. The molecular weight excluding hydrogens is 328 g/mol. The fourth-order valence-electron chi connectivity index (χ4n) is 2.61. The van der Waals surface area contributed by atoms with Crippen LogP contribution in [0.4, 0.5) is 4.79 Å². The highest BCUT2D eigenvalue weighted by Crippen LogP contribution is 2.17. The molecule has 1 N–H and O–H groups in total. The molecule has 1 aromatic rings. The molecule has 1 saturated heterocycles. The third kappa shape index (κ3) is 4.93. The molecule has 0 bridgehead atoms. The Morgan fingerprint density at radius 1 is 1.28 bits per heavy atom. The van der Waals surface area contributed by atoms with Crippen LogP contribution in [0, 0.1) is 0 Å². The molecule has 0 aliphatic carbocycles. The number of benzene rings is 1. The topological polar surface area (TPSA) is 94.2 Å². The molecule has 0 spiro atoms. The maximum Gasteiger partial charge on any atom is 0.407 e. The van der Waals surface area contributed by atoms with Gasteiger partial charge in [0.1, 0.15) is 12.6 Å². The predicted molar refractivity (Wildman–Crippen MR) is 87.6 cm³/mol. The number of methoxy groups -OCH3 is 2. The zero-order valence-corrected chi connectivity index (χ0v) is 14.3. The molecule has 2 rings (SSSR count). The van der Waals surface area contributed by atoms with E-state index in [-0.39, 0.29) is 19.1 Å². The maximum atomic E-state index is 12.4. The Labute approximate surface area is 146 Å². The van der Waals surface area contributed by atoms with Crippen molar-refractivity contribution in [3.63, 3.8) is 0 Å². The molecule has 8 heteroatoms. The van der Waals surface area contributed by atoms with Crippen molar-refractivity contribution in [1.82, 2.24) is 10.2 Å². The van der Waals surface area contributed by atoms with E-state index in [1.807, 2.05) is 30.3 Å². The van der Waals surface area contributed by atoms with Gasteiger partial charge in [0, 0.05) is 13.7 Å². The number of hydrogen-bond donors (Lipinski definition) is 1. The average molecular weight is 350 g/mol. The molecule has 8 nitrogen and oxygen atoms in total. The van der Waals surface area contributed by atoms with Crippen molar-refractivity contribution in [2.45, 2.75) is 25.1 Å². The van der Waals surface area contributed by atoms with Gasteiger partial charge in [-0.05, 0) is 12.0 Å². The summed E-state index contributed by atoms with van der Waals surface area (Å²) in [4.78, 5) is 37.5. The predicted octanol–water partition coefficient (Wildman–Crippen LogP) is 0.702. The van der Waals surface area contributed by atoms with Crippen LogP contribution in [0.5, 0.6) is 0 Å². The van der Waals surface area contributed by atoms with Crippen LogP contribution >= 0.6 is 0 Å². The first-order valence-electron chi connectivity index (χ1n) is 7.91. The Balaban J connectivity index is 1.98. The fraction of sp³-hybridized carbons (Fsp3) is 0.471. The molecule has 1 aliphatic heterocycles. The second-order valence-corrected chi connectivity index (χ2v) is 5.57. The largest absolute Gasteiger partial charge is 0.459 e. The number of likely N-dealkylation sites (tertiary alicyclic amines) is 1. The van der Waals surface area contributed by atoms with Crippen LogP contribution in [-0.2, 0) is 30.4 Å². The smallest absolute Gasteiger partial charge is 0.407 e. The number of nitrogens with one attached hydrogen (secondary N) is 1. The summed E-state index contributed by atoms with van der Waals surface area (Å²) in [6.07, 6.45) is -0.296. The van der Waals surface area contributed by atoms with Gasteiger partial charge in [0.05, 0.1) is 13.7 Å². The third-order valence-corrected chi connectivity index (χ3v) is 3.91. The van der Waals surface area contributed by atoms with Gasteiger partial charge in [-0.15, -0.1) is 0 Å². The van der Waals surface area contributed by atoms with E-state index in [0.717, 1.165) is 5.56 Å². The van der Waals surface area contributed by atoms with Gasteiger partial charge in [-0.1, -0.05) is 30.3 Å². The molecule has 25 heavy (non-hydrogen) atoms. The summed E-state index contributed by atoms with van der Waals surface area (Å²) in [6, 6.07) is 7.69. The number of esters is 1. The molecule has 2 atom stereocenters. The first kappa shape index (κ1) is 18.7. The first-order chi connectivity index (χ1) is 12.1. The van der Waals surface area contributed by atoms with Gasteiger partial charge in [-0.3, -0.25) is 4.79 Å². The Morgan fingerprint density at radius 3 is 2.64 bits per heavy atom. The molecule has 0 radical (unpaired) electrons. The van der Waals surface area contributed by atoms with Crippen LogP contribution in [0.2, 0.25) is 0 Å². The molecule has 1 aliphatic rings. The average Bonchev–Trinajstić information content (AvgIpc) is 2.98. The Hall–Kier alpha value is -2.61. The lowest BCUT2D eigenvalue weighted by molar-refractivity contribution is -0.157. The van der Waals surface area contributed by atoms with Crippen molar-refractivity contribution in [2.24, 2.45) is 0 Å². The van der Waals surface area contributed by atoms with Gasteiger partial charge in [-0.2, -0.15) is 0 Å². The molecule has 1 fully saturated rings. The van der Waals surface area contributed by atoms with E-state index in [1.165, 1.54) is 19.1 Å². The van der Waals surface area contributed by atoms with Gasteiger partial charge in [0.25, 0.3) is 0 Å². The lowest BCUT2D eigenvalue weighted by atomic mass is 10.2. The SMILES string of the molecule is COC[C@@H](C(=O)OCc1ccccc1)N1CC[C@H](NC(=O)OC)C1=O. The van der Waals surface area contributed by atoms with Crippen LogP contribution in [0.1, 0.15) is 12.0 Å². The van der Waals surface area contributed by atoms with Crippen molar-refractivity contribution < 1.29 is 28.6 Å². The zero-order valence-electron chi connectivity index (χ0n) is 14.3. The Bertz CT molecular complexity index is 606. The number of rotatable bonds is 7. The summed E-state index contributed by atoms with van der Waals surface area (Å²) in [5, 5.41) is 2.46. The second kappa shape index (κ2) is 9.03. The first-order valence-corrected chi connectivity index (χ1v) is 7.91. The number of alkyl carbamates (subject to hydrolysis) is 1. The van der Waals surface area contributed by atoms with Gasteiger partial charge < -0.3 is 24.4 Å². The van der Waals surface area contributed by atoms with Gasteiger partial charge in [0.15, 0.2) is 6.04 Å². The lowest BCUT2D eigenvalue weighted by Gasteiger charge is -2.26. The van der Waals surface area contributed by atoms with E-state index < -0.39 is 24.1 Å². The monoisotopic (exact) mass is 350 g/mol. The quantitative estimate of drug-likeness (QED) is 0.728. The van der Waals surface area contributed by atoms with E-state index in [4.69, 9.17) is 9.47 Å². The summed E-state index contributed by atoms with van der Waals surface area (Å²) in [7, 11) is 2.67. The van der Waals surface area contributed by atoms with E-state index in [9.17, 15) is 14.4 Å². The fourth-order valence-corrected chi connectivity index (χ4v) is 2.61. The van der Waals surface area contributed by atoms with Crippen LogP contribution in [0.15, 0.2) is 30.3 Å². The van der Waals surface area contributed by atoms with Crippen molar-refractivity contribution in [3.8, 4) is 0 Å². The molecule has 2 amide bonds. The van der Waals surface area contributed by atoms with Crippen LogP contribution in [0.3, 0.4) is 0 Å². The highest BCUT2D eigenvalue weighted by molar-refractivity contribution is 5.91. The number of amides is 2. The minimum atomic E-state index is -0.856. The normalized spacial score (nSPS) is 17.9. The summed E-state index contributed by atoms with van der Waals surface area (Å²) in [6.45, 7) is 0.456. The number of carbonyl (C=O) groups excluding carboxylic acids is 3. The van der Waals surface area contributed by atoms with E-state index >= 15 is 0 Å². The number of ether oxygens (including phenoxy) is 3. The molecule has 0 saturated carbocycles. The lowest BCUT2D eigenvalue weighted by Crippen LogP contribution is -2.49. The van der Waals surface area contributed by atoms with E-state index in [2.05, 4.69) is 10.1 Å². The summed E-state index contributed by atoms with van der Waals surface area (Å²) >= 11 is 0. The second-order valence-electron chi connectivity index (χ2n) is 5.57. The number of nitrogens with zero attached hydrogens (tertiary/aromatic N) is 1. The summed E-state index contributed by atoms with van der Waals surface area (Å²) in [5.41, 5.74) is 0.852. The van der Waals surface area contributed by atoms with Gasteiger partial charge in [-0.25, -0.2) is 9.59 Å². The Morgan fingerprint density at radius 2 is 2.00 bits per heavy atom. The molecule has 0 unspecified atom stereocenters. The van der Waals surface area contributed by atoms with Crippen LogP contribution in [0.25, 0.3) is 0 Å². The number of carbonyl (C=O) groups is 3. The highest BCUT2D eigenvalue weighted by atomic mass is 16.5. The van der Waals surface area contributed by atoms with Crippen molar-refractivity contribution in [2.75, 3.05) is 27.4 Å². The minimum absolute atomic E-state index is 0.0182. The van der Waals surface area contributed by atoms with Crippen molar-refractivity contribution >= 4 is 18.0 Å². The van der Waals surface area contributed by atoms with Gasteiger partial charge >= 0.3 is 12.1 Å². The third-order valence-electron chi connectivity index (χ3n) is 3.91. The zero-order chi connectivity index (χ0) is 18.2. The standard InChI is InChI=1S/C17H22N2O6/c1-23-11-14(16(21)25-10-12-6-4-3-5-7-12)19-9-8-13(15(19)20)18-17(22)24-2/h3-7,13-14H,8-11H2,1-2H3,(H,18,22)/t13-,14-/m0/s1. The number of hydrogen-bond acceptors (Lipinski definition) is 6. The van der Waals surface area contributed by atoms with Gasteiger partial charge in [0.2, 0.25) is 5.91 Å². The van der Waals surface area contributed by atoms with Crippen LogP contribution in [-0.4, -0.2) is 62.3 Å². The highest BCUT2D eigenvalue weighted by Gasteiger charge is 2.40. The summed E-state index contributed by atoms with van der Waals surface area (Å²) in [5.74, 6) is -0.901. The summed E-state index contributed by atoms with van der Waals surface area (Å²) < 4.78 is 14.9. The van der Waals surface area contributed by atoms with Crippen molar-refractivity contribution in [1.29, 1.82) is 0 Å². The molecule has 1 heterocycles. The van der Waals surface area contributed by atoms with Crippen molar-refractivity contribution in [3.05, 3.63) is 35.9 Å². The van der Waals surface area contributed by atoms with E-state index in [1.54, 1.807) is 0 Å². The maximum absolute atomic E-state index is 12.4. The molecule has 0 aromatic heterocycles. The molecular formula is C17H22N2O6. The van der Waals surface area contributed by atoms with Crippen LogP contribution < -0.4 is 5.32 Å². The molecule has 136 valence electrons. The molecule has 1 aromatic carbocycles. The Kier molecular flexibility index (Phi) is 6.76.